The number of amides is 1. The van der Waals surface area contributed by atoms with E-state index in [1.807, 2.05) is 4.90 Å². The molecule has 2 fully saturated rings. The zero-order chi connectivity index (χ0) is 15.0. The van der Waals surface area contributed by atoms with Crippen molar-refractivity contribution in [2.24, 2.45) is 11.3 Å². The van der Waals surface area contributed by atoms with E-state index in [4.69, 9.17) is 0 Å². The number of aryl methyl sites for hydroxylation is 1. The Bertz CT molecular complexity index is 552. The van der Waals surface area contributed by atoms with Crippen LogP contribution >= 0.6 is 12.4 Å². The number of carbonyl (C=O) groups excluding carboxylic acids is 1. The van der Waals surface area contributed by atoms with Crippen LogP contribution in [0.15, 0.2) is 18.2 Å². The molecule has 1 aliphatic heterocycles. The largest absolute Gasteiger partial charge is 0.317 e. The number of rotatable bonds is 3. The Morgan fingerprint density at radius 1 is 1.32 bits per heavy atom. The van der Waals surface area contributed by atoms with Gasteiger partial charge in [-0.1, -0.05) is 12.1 Å². The summed E-state index contributed by atoms with van der Waals surface area (Å²) in [5, 5.41) is 3.41. The molecule has 1 saturated carbocycles. The van der Waals surface area contributed by atoms with E-state index in [0.717, 1.165) is 44.6 Å². The first-order valence-electron chi connectivity index (χ1n) is 8.17. The van der Waals surface area contributed by atoms with E-state index >= 15 is 0 Å². The maximum Gasteiger partial charge on any atom is 0.230 e. The van der Waals surface area contributed by atoms with Crippen LogP contribution in [0.5, 0.6) is 0 Å². The zero-order valence-corrected chi connectivity index (χ0v) is 14.6. The molecule has 0 aromatic heterocycles. The predicted octanol–water partition coefficient (Wildman–Crippen LogP) is 3.47. The number of nitrogens with zero attached hydrogens (tertiary/aromatic N) is 1. The summed E-state index contributed by atoms with van der Waals surface area (Å²) < 4.78 is 0. The van der Waals surface area contributed by atoms with Gasteiger partial charge in [0.15, 0.2) is 0 Å². The van der Waals surface area contributed by atoms with Crippen molar-refractivity contribution in [3.8, 4) is 0 Å². The van der Waals surface area contributed by atoms with Crippen molar-refractivity contribution < 1.29 is 4.79 Å². The van der Waals surface area contributed by atoms with Gasteiger partial charge in [-0.05, 0) is 75.7 Å². The molecule has 1 amide bonds. The number of hydrogen-bond donors (Lipinski definition) is 1. The molecule has 1 heterocycles. The van der Waals surface area contributed by atoms with E-state index in [1.165, 1.54) is 11.1 Å². The van der Waals surface area contributed by atoms with Crippen LogP contribution in [0.2, 0.25) is 0 Å². The second-order valence-electron chi connectivity index (χ2n) is 6.67. The molecule has 122 valence electrons. The number of piperidine rings is 1. The molecule has 0 radical (unpaired) electrons. The fourth-order valence-electron chi connectivity index (χ4n) is 3.84. The van der Waals surface area contributed by atoms with Gasteiger partial charge in [0.2, 0.25) is 5.91 Å². The molecule has 1 spiro atoms. The molecule has 1 saturated heterocycles. The summed E-state index contributed by atoms with van der Waals surface area (Å²) in [5.74, 6) is 0.590. The minimum absolute atomic E-state index is 0. The molecule has 1 aromatic rings. The monoisotopic (exact) mass is 322 g/mol. The highest BCUT2D eigenvalue weighted by molar-refractivity contribution is 5.98. The summed E-state index contributed by atoms with van der Waals surface area (Å²) in [4.78, 5) is 15.0. The third-order valence-corrected chi connectivity index (χ3v) is 5.54. The first kappa shape index (κ1) is 17.3. The van der Waals surface area contributed by atoms with Gasteiger partial charge in [-0.15, -0.1) is 12.4 Å². The average molecular weight is 323 g/mol. The van der Waals surface area contributed by atoms with Gasteiger partial charge in [-0.2, -0.15) is 0 Å². The molecule has 3 rings (SSSR count). The van der Waals surface area contributed by atoms with Crippen LogP contribution in [0.3, 0.4) is 0 Å². The molecule has 1 aromatic carbocycles. The van der Waals surface area contributed by atoms with Crippen molar-refractivity contribution >= 4 is 24.0 Å². The third-order valence-electron chi connectivity index (χ3n) is 5.54. The van der Waals surface area contributed by atoms with Gasteiger partial charge in [-0.25, -0.2) is 0 Å². The molecule has 22 heavy (non-hydrogen) atoms. The van der Waals surface area contributed by atoms with Crippen LogP contribution in [0.25, 0.3) is 0 Å². The smallest absolute Gasteiger partial charge is 0.230 e. The van der Waals surface area contributed by atoms with Gasteiger partial charge in [0.05, 0.1) is 0 Å². The number of benzene rings is 1. The van der Waals surface area contributed by atoms with E-state index in [0.29, 0.717) is 11.3 Å². The highest BCUT2D eigenvalue weighted by Gasteiger charge is 2.58. The van der Waals surface area contributed by atoms with E-state index in [9.17, 15) is 4.79 Å². The first-order chi connectivity index (χ1) is 10.1. The van der Waals surface area contributed by atoms with E-state index in [-0.39, 0.29) is 18.3 Å². The lowest BCUT2D eigenvalue weighted by atomic mass is 9.91. The molecule has 4 heteroatoms. The number of hydrogen-bond acceptors (Lipinski definition) is 2. The van der Waals surface area contributed by atoms with Crippen LogP contribution < -0.4 is 10.2 Å². The fraction of sp³-hybridized carbons (Fsp3) is 0.611. The molecule has 0 bridgehead atoms. The Balaban J connectivity index is 0.00000176. The molecule has 3 nitrogen and oxygen atoms in total. The average Bonchev–Trinajstić information content (AvgIpc) is 3.18. The van der Waals surface area contributed by atoms with Gasteiger partial charge >= 0.3 is 0 Å². The summed E-state index contributed by atoms with van der Waals surface area (Å²) in [7, 11) is 0. The number of nitrogens with one attached hydrogen (secondary N) is 1. The summed E-state index contributed by atoms with van der Waals surface area (Å²) in [6, 6.07) is 6.25. The maximum absolute atomic E-state index is 13.0. The van der Waals surface area contributed by atoms with Gasteiger partial charge < -0.3 is 10.2 Å². The maximum atomic E-state index is 13.0. The molecule has 1 aliphatic carbocycles. The SMILES string of the molecule is CCN(C(=O)C1CC12CCNCC2)c1cccc(C)c1C.Cl. The Hall–Kier alpha value is -1.06. The highest BCUT2D eigenvalue weighted by atomic mass is 35.5. The normalized spacial score (nSPS) is 22.0. The Morgan fingerprint density at radius 2 is 2.00 bits per heavy atom. The van der Waals surface area contributed by atoms with Gasteiger partial charge in [0.1, 0.15) is 0 Å². The second-order valence-corrected chi connectivity index (χ2v) is 6.67. The lowest BCUT2D eigenvalue weighted by Gasteiger charge is -2.27. The lowest BCUT2D eigenvalue weighted by molar-refractivity contribution is -0.120. The van der Waals surface area contributed by atoms with Crippen molar-refractivity contribution in [2.45, 2.75) is 40.0 Å². The first-order valence-corrected chi connectivity index (χ1v) is 8.17. The van der Waals surface area contributed by atoms with Crippen LogP contribution in [0, 0.1) is 25.2 Å². The molecule has 1 unspecified atom stereocenters. The summed E-state index contributed by atoms with van der Waals surface area (Å²) in [5.41, 5.74) is 3.89. The minimum atomic E-state index is 0. The molecule has 1 N–H and O–H groups in total. The minimum Gasteiger partial charge on any atom is -0.317 e. The van der Waals surface area contributed by atoms with Crippen LogP contribution in [-0.2, 0) is 4.79 Å². The highest BCUT2D eigenvalue weighted by Crippen LogP contribution is 2.59. The van der Waals surface area contributed by atoms with E-state index in [1.54, 1.807) is 0 Å². The molecular formula is C18H27ClN2O. The van der Waals surface area contributed by atoms with Crippen molar-refractivity contribution in [1.29, 1.82) is 0 Å². The van der Waals surface area contributed by atoms with Crippen LogP contribution in [0.1, 0.15) is 37.3 Å². The standard InChI is InChI=1S/C18H26N2O.ClH/c1-4-20(16-7-5-6-13(2)14(16)3)17(21)15-12-18(15)8-10-19-11-9-18;/h5-7,15,19H,4,8-12H2,1-3H3;1H. The Labute approximate surface area is 139 Å². The summed E-state index contributed by atoms with van der Waals surface area (Å²) in [6.45, 7) is 9.21. The number of carbonyl (C=O) groups is 1. The quantitative estimate of drug-likeness (QED) is 0.924. The lowest BCUT2D eigenvalue weighted by Crippen LogP contribution is -2.37. The van der Waals surface area contributed by atoms with Crippen molar-refractivity contribution in [3.63, 3.8) is 0 Å². The summed E-state index contributed by atoms with van der Waals surface area (Å²) in [6.07, 6.45) is 3.41. The van der Waals surface area contributed by atoms with Gasteiger partial charge in [0, 0.05) is 18.2 Å². The molecular weight excluding hydrogens is 296 g/mol. The van der Waals surface area contributed by atoms with Crippen molar-refractivity contribution in [2.75, 3.05) is 24.5 Å². The fourth-order valence-corrected chi connectivity index (χ4v) is 3.84. The third kappa shape index (κ3) is 2.89. The predicted molar refractivity (Wildman–Crippen MR) is 93.8 cm³/mol. The summed E-state index contributed by atoms with van der Waals surface area (Å²) >= 11 is 0. The molecule has 1 atom stereocenters. The van der Waals surface area contributed by atoms with Crippen LogP contribution in [0.4, 0.5) is 5.69 Å². The Morgan fingerprint density at radius 3 is 2.64 bits per heavy atom. The van der Waals surface area contributed by atoms with Crippen LogP contribution in [-0.4, -0.2) is 25.5 Å². The number of anilines is 1. The van der Waals surface area contributed by atoms with Gasteiger partial charge in [-0.3, -0.25) is 4.79 Å². The molecule has 2 aliphatic rings. The van der Waals surface area contributed by atoms with Crippen molar-refractivity contribution in [3.05, 3.63) is 29.3 Å². The Kier molecular flexibility index (Phi) is 5.18. The van der Waals surface area contributed by atoms with E-state index < -0.39 is 0 Å². The van der Waals surface area contributed by atoms with E-state index in [2.05, 4.69) is 44.3 Å². The van der Waals surface area contributed by atoms with Gasteiger partial charge in [0.25, 0.3) is 0 Å². The topological polar surface area (TPSA) is 32.3 Å². The zero-order valence-electron chi connectivity index (χ0n) is 13.8. The van der Waals surface area contributed by atoms with Crippen molar-refractivity contribution in [1.82, 2.24) is 5.32 Å². The second kappa shape index (κ2) is 6.59. The number of halogens is 1.